The zero-order valence-corrected chi connectivity index (χ0v) is 8.88. The van der Waals surface area contributed by atoms with Crippen LogP contribution in [0.5, 0.6) is 0 Å². The summed E-state index contributed by atoms with van der Waals surface area (Å²) >= 11 is 5.84. The highest BCUT2D eigenvalue weighted by atomic mass is 35.5. The highest BCUT2D eigenvalue weighted by molar-refractivity contribution is 6.30. The summed E-state index contributed by atoms with van der Waals surface area (Å²) in [6, 6.07) is 5.25. The molecule has 0 saturated carbocycles. The molecule has 2 rings (SSSR count). The molecule has 3 nitrogen and oxygen atoms in total. The minimum absolute atomic E-state index is 0.152. The second-order valence-electron chi connectivity index (χ2n) is 3.43. The summed E-state index contributed by atoms with van der Waals surface area (Å²) in [6.07, 6.45) is 0.723. The van der Waals surface area contributed by atoms with Crippen LogP contribution in [0.1, 0.15) is 12.5 Å². The molecule has 1 aromatic carbocycles. The van der Waals surface area contributed by atoms with Gasteiger partial charge in [0.25, 0.3) is 0 Å². The van der Waals surface area contributed by atoms with Gasteiger partial charge in [0.15, 0.2) is 12.0 Å². The van der Waals surface area contributed by atoms with Crippen molar-refractivity contribution in [2.45, 2.75) is 13.2 Å². The van der Waals surface area contributed by atoms with E-state index in [4.69, 9.17) is 11.6 Å². The lowest BCUT2D eigenvalue weighted by Crippen LogP contribution is -2.27. The van der Waals surface area contributed by atoms with Crippen LogP contribution in [-0.4, -0.2) is 17.1 Å². The van der Waals surface area contributed by atoms with Gasteiger partial charge in [0, 0.05) is 16.3 Å². The zero-order chi connectivity index (χ0) is 11.0. The maximum Gasteiger partial charge on any atom is 0.160 e. The van der Waals surface area contributed by atoms with Crippen LogP contribution in [0.25, 0.3) is 6.08 Å². The van der Waals surface area contributed by atoms with E-state index in [1.165, 1.54) is 6.92 Å². The Bertz CT molecular complexity index is 454. The monoisotopic (exact) mass is 223 g/mol. The summed E-state index contributed by atoms with van der Waals surface area (Å²) in [4.78, 5) is 11.2. The molecule has 1 aromatic rings. The number of aliphatic hydroxyl groups excluding tert-OH is 1. The smallest absolute Gasteiger partial charge is 0.160 e. The molecule has 4 heteroatoms. The van der Waals surface area contributed by atoms with E-state index in [1.807, 2.05) is 0 Å². The third kappa shape index (κ3) is 1.89. The molecular weight excluding hydrogens is 214 g/mol. The third-order valence-corrected chi connectivity index (χ3v) is 2.55. The number of hydrogen-bond donors (Lipinski definition) is 2. The largest absolute Gasteiger partial charge is 0.369 e. The number of Topliss-reactive ketones (excluding diaryl/α,β-unsaturated/α-hetero) is 1. The summed E-state index contributed by atoms with van der Waals surface area (Å²) in [7, 11) is 0. The minimum atomic E-state index is -0.934. The van der Waals surface area contributed by atoms with Gasteiger partial charge in [-0.2, -0.15) is 0 Å². The number of carbonyl (C=O) groups is 1. The van der Waals surface area contributed by atoms with Crippen LogP contribution in [0, 0.1) is 0 Å². The van der Waals surface area contributed by atoms with Gasteiger partial charge in [0.1, 0.15) is 0 Å². The van der Waals surface area contributed by atoms with Crippen molar-refractivity contribution in [3.8, 4) is 0 Å². The number of carbonyl (C=O) groups excluding carboxylic acids is 1. The van der Waals surface area contributed by atoms with Crippen LogP contribution in [0.4, 0.5) is 5.69 Å². The van der Waals surface area contributed by atoms with E-state index in [2.05, 4.69) is 5.32 Å². The van der Waals surface area contributed by atoms with Gasteiger partial charge >= 0.3 is 0 Å². The Morgan fingerprint density at radius 1 is 1.53 bits per heavy atom. The summed E-state index contributed by atoms with van der Waals surface area (Å²) in [5.74, 6) is -0.152. The SMILES string of the molecule is CC(=O)C1=Cc2cc(Cl)ccc2NC1O. The Labute approximate surface area is 92.4 Å². The molecule has 1 atom stereocenters. The summed E-state index contributed by atoms with van der Waals surface area (Å²) in [5, 5.41) is 13.1. The number of halogens is 1. The van der Waals surface area contributed by atoms with E-state index in [0.717, 1.165) is 11.3 Å². The fourth-order valence-corrected chi connectivity index (χ4v) is 1.73. The van der Waals surface area contributed by atoms with Gasteiger partial charge in [-0.05, 0) is 36.8 Å². The molecule has 0 spiro atoms. The molecule has 1 heterocycles. The predicted molar refractivity (Wildman–Crippen MR) is 59.7 cm³/mol. The molecule has 0 amide bonds. The van der Waals surface area contributed by atoms with E-state index in [0.29, 0.717) is 10.6 Å². The van der Waals surface area contributed by atoms with Crippen molar-refractivity contribution in [1.29, 1.82) is 0 Å². The summed E-state index contributed by atoms with van der Waals surface area (Å²) < 4.78 is 0. The van der Waals surface area contributed by atoms with Gasteiger partial charge in [-0.25, -0.2) is 0 Å². The van der Waals surface area contributed by atoms with Crippen molar-refractivity contribution in [2.24, 2.45) is 0 Å². The fourth-order valence-electron chi connectivity index (χ4n) is 1.55. The van der Waals surface area contributed by atoms with Crippen LogP contribution in [0.15, 0.2) is 23.8 Å². The lowest BCUT2D eigenvalue weighted by Gasteiger charge is -2.22. The van der Waals surface area contributed by atoms with Crippen molar-refractivity contribution in [3.05, 3.63) is 34.4 Å². The summed E-state index contributed by atoms with van der Waals surface area (Å²) in [6.45, 7) is 1.42. The quantitative estimate of drug-likeness (QED) is 0.766. The first-order valence-electron chi connectivity index (χ1n) is 4.54. The molecule has 2 N–H and O–H groups in total. The molecular formula is C11H10ClNO2. The van der Waals surface area contributed by atoms with Crippen molar-refractivity contribution in [2.75, 3.05) is 5.32 Å². The van der Waals surface area contributed by atoms with Crippen molar-refractivity contribution >= 4 is 29.1 Å². The molecule has 0 fully saturated rings. The standard InChI is InChI=1S/C11H10ClNO2/c1-6(14)9-5-7-4-8(12)2-3-10(7)13-11(9)15/h2-5,11,13,15H,1H3. The Kier molecular flexibility index (Phi) is 2.50. The number of benzene rings is 1. The molecule has 15 heavy (non-hydrogen) atoms. The minimum Gasteiger partial charge on any atom is -0.369 e. The lowest BCUT2D eigenvalue weighted by atomic mass is 10.0. The highest BCUT2D eigenvalue weighted by Gasteiger charge is 2.21. The van der Waals surface area contributed by atoms with Gasteiger partial charge < -0.3 is 10.4 Å². The molecule has 0 aliphatic carbocycles. The Morgan fingerprint density at radius 2 is 2.27 bits per heavy atom. The Balaban J connectivity index is 2.51. The normalized spacial score (nSPS) is 18.9. The molecule has 78 valence electrons. The highest BCUT2D eigenvalue weighted by Crippen LogP contribution is 2.28. The first-order valence-corrected chi connectivity index (χ1v) is 4.92. The maximum atomic E-state index is 11.2. The molecule has 1 unspecified atom stereocenters. The third-order valence-electron chi connectivity index (χ3n) is 2.32. The average Bonchev–Trinajstić information content (AvgIpc) is 2.17. The topological polar surface area (TPSA) is 49.3 Å². The van der Waals surface area contributed by atoms with Gasteiger partial charge in [-0.15, -0.1) is 0 Å². The van der Waals surface area contributed by atoms with Gasteiger partial charge in [0.05, 0.1) is 0 Å². The zero-order valence-electron chi connectivity index (χ0n) is 8.12. The molecule has 1 aliphatic rings. The van der Waals surface area contributed by atoms with Crippen LogP contribution < -0.4 is 5.32 Å². The van der Waals surface area contributed by atoms with Gasteiger partial charge in [-0.3, -0.25) is 4.79 Å². The number of aliphatic hydroxyl groups is 1. The predicted octanol–water partition coefficient (Wildman–Crippen LogP) is 2.06. The number of rotatable bonds is 1. The van der Waals surface area contributed by atoms with Crippen LogP contribution in [0.2, 0.25) is 5.02 Å². The van der Waals surface area contributed by atoms with Crippen LogP contribution >= 0.6 is 11.6 Å². The van der Waals surface area contributed by atoms with Crippen molar-refractivity contribution in [1.82, 2.24) is 0 Å². The van der Waals surface area contributed by atoms with Crippen LogP contribution in [0.3, 0.4) is 0 Å². The first-order chi connectivity index (χ1) is 7.08. The second kappa shape index (κ2) is 3.68. The first kappa shape index (κ1) is 10.2. The lowest BCUT2D eigenvalue weighted by molar-refractivity contribution is -0.114. The second-order valence-corrected chi connectivity index (χ2v) is 3.87. The number of fused-ring (bicyclic) bond motifs is 1. The van der Waals surface area contributed by atoms with E-state index in [1.54, 1.807) is 24.3 Å². The van der Waals surface area contributed by atoms with E-state index < -0.39 is 6.23 Å². The molecule has 1 aliphatic heterocycles. The number of nitrogens with one attached hydrogen (secondary N) is 1. The van der Waals surface area contributed by atoms with Gasteiger partial charge in [-0.1, -0.05) is 11.6 Å². The van der Waals surface area contributed by atoms with E-state index in [-0.39, 0.29) is 5.78 Å². The molecule has 0 bridgehead atoms. The van der Waals surface area contributed by atoms with Crippen molar-refractivity contribution < 1.29 is 9.90 Å². The maximum absolute atomic E-state index is 11.2. The Hall–Kier alpha value is -1.32. The fraction of sp³-hybridized carbons (Fsp3) is 0.182. The van der Waals surface area contributed by atoms with Crippen LogP contribution in [-0.2, 0) is 4.79 Å². The van der Waals surface area contributed by atoms with E-state index >= 15 is 0 Å². The molecule has 0 aromatic heterocycles. The number of ketones is 1. The van der Waals surface area contributed by atoms with Gasteiger partial charge in [0.2, 0.25) is 0 Å². The number of hydrogen-bond acceptors (Lipinski definition) is 3. The molecule has 0 saturated heterocycles. The average molecular weight is 224 g/mol. The summed E-state index contributed by atoms with van der Waals surface area (Å²) in [5.41, 5.74) is 1.94. The number of anilines is 1. The van der Waals surface area contributed by atoms with E-state index in [9.17, 15) is 9.90 Å². The Morgan fingerprint density at radius 3 is 2.93 bits per heavy atom. The molecule has 0 radical (unpaired) electrons. The van der Waals surface area contributed by atoms with Crippen molar-refractivity contribution in [3.63, 3.8) is 0 Å².